The fourth-order valence-electron chi connectivity index (χ4n) is 4.69. The van der Waals surface area contributed by atoms with Crippen LogP contribution < -0.4 is 4.74 Å². The van der Waals surface area contributed by atoms with Gasteiger partial charge in [0.05, 0.1) is 17.8 Å². The van der Waals surface area contributed by atoms with E-state index < -0.39 is 28.9 Å². The summed E-state index contributed by atoms with van der Waals surface area (Å²) in [4.78, 5) is 20.0. The van der Waals surface area contributed by atoms with Crippen LogP contribution in [-0.2, 0) is 6.18 Å². The largest absolute Gasteiger partial charge is 0.508 e. The lowest BCUT2D eigenvalue weighted by Gasteiger charge is -2.37. The van der Waals surface area contributed by atoms with E-state index in [0.717, 1.165) is 18.3 Å². The molecule has 0 spiro atoms. The highest BCUT2D eigenvalue weighted by atomic mass is 19.4. The van der Waals surface area contributed by atoms with Gasteiger partial charge in [-0.2, -0.15) is 13.2 Å². The Bertz CT molecular complexity index is 1520. The molecule has 39 heavy (non-hydrogen) atoms. The van der Waals surface area contributed by atoms with Crippen LogP contribution in [0.15, 0.2) is 66.9 Å². The molecule has 1 aliphatic rings. The topological polar surface area (TPSA) is 62.7 Å². The maximum absolute atomic E-state index is 15.1. The Morgan fingerprint density at radius 1 is 1.05 bits per heavy atom. The molecule has 1 fully saturated rings. The number of phenolic OH excluding ortho intramolecular Hbond substituents is 1. The fourth-order valence-corrected chi connectivity index (χ4v) is 4.69. The summed E-state index contributed by atoms with van der Waals surface area (Å²) in [6.07, 6.45) is -3.80. The molecule has 3 aromatic carbocycles. The Balaban J connectivity index is 1.47. The van der Waals surface area contributed by atoms with E-state index in [4.69, 9.17) is 4.74 Å². The van der Waals surface area contributed by atoms with Gasteiger partial charge in [0, 0.05) is 65.5 Å². The van der Waals surface area contributed by atoms with Gasteiger partial charge in [-0.1, -0.05) is 12.1 Å². The fraction of sp³-hybridized carbons (Fsp3) is 0.241. The summed E-state index contributed by atoms with van der Waals surface area (Å²) in [5.74, 6) is -1.61. The first kappa shape index (κ1) is 26.6. The highest BCUT2D eigenvalue weighted by Crippen LogP contribution is 2.38. The van der Waals surface area contributed by atoms with E-state index in [9.17, 15) is 27.5 Å². The lowest BCUT2D eigenvalue weighted by molar-refractivity contribution is -0.139. The molecule has 0 saturated carbocycles. The van der Waals surface area contributed by atoms with Crippen molar-refractivity contribution in [3.63, 3.8) is 0 Å². The molecule has 4 aromatic rings. The molecule has 10 heteroatoms. The van der Waals surface area contributed by atoms with E-state index in [1.165, 1.54) is 30.3 Å². The molecule has 0 amide bonds. The molecule has 202 valence electrons. The molecule has 0 radical (unpaired) electrons. The molecule has 0 atom stereocenters. The van der Waals surface area contributed by atoms with Gasteiger partial charge in [0.15, 0.2) is 5.78 Å². The number of benzene rings is 3. The average molecular weight is 543 g/mol. The smallest absolute Gasteiger partial charge is 0.419 e. The van der Waals surface area contributed by atoms with Crippen molar-refractivity contribution in [1.29, 1.82) is 0 Å². The van der Waals surface area contributed by atoms with Crippen LogP contribution in [0.1, 0.15) is 21.5 Å². The van der Waals surface area contributed by atoms with Gasteiger partial charge in [0.1, 0.15) is 23.9 Å². The minimum Gasteiger partial charge on any atom is -0.508 e. The van der Waals surface area contributed by atoms with E-state index in [1.807, 2.05) is 0 Å². The molecule has 1 N–H and O–H groups in total. The number of ketones is 1. The summed E-state index contributed by atoms with van der Waals surface area (Å²) in [7, 11) is 0. The monoisotopic (exact) mass is 542 g/mol. The molecule has 1 saturated heterocycles. The molecule has 0 bridgehead atoms. The average Bonchev–Trinajstić information content (AvgIpc) is 2.88. The van der Waals surface area contributed by atoms with Crippen molar-refractivity contribution in [2.24, 2.45) is 5.92 Å². The zero-order valence-electron chi connectivity index (χ0n) is 20.5. The molecular formula is C29H23F5N2O3. The number of aromatic hydroxyl groups is 1. The number of rotatable bonds is 8. The SMILES string of the molecule is O=C(c1ccc(OCCN2CC(CF)C2)cc1)c1c(-c2cccc(C(F)(F)F)c2F)cnc2cc(O)ccc12. The molecule has 2 heterocycles. The van der Waals surface area contributed by atoms with Gasteiger partial charge >= 0.3 is 6.18 Å². The van der Waals surface area contributed by atoms with Gasteiger partial charge in [0.2, 0.25) is 0 Å². The van der Waals surface area contributed by atoms with Gasteiger partial charge < -0.3 is 9.84 Å². The van der Waals surface area contributed by atoms with E-state index in [1.54, 1.807) is 12.1 Å². The Kier molecular flexibility index (Phi) is 7.22. The summed E-state index contributed by atoms with van der Waals surface area (Å²) < 4.78 is 73.7. The standard InChI is InChI=1S/C29H23F5N2O3/c30-13-17-15-36(16-17)10-11-39-20-7-4-18(5-8-20)28(38)26-22-9-6-19(37)12-25(22)35-14-23(26)21-2-1-3-24(27(21)31)29(32,33)34/h1-9,12,14,17,37H,10-11,13,15-16H2. The Hall–Kier alpha value is -4.05. The van der Waals surface area contributed by atoms with E-state index >= 15 is 4.39 Å². The molecule has 5 nitrogen and oxygen atoms in total. The van der Waals surface area contributed by atoms with E-state index in [-0.39, 0.29) is 45.9 Å². The highest BCUT2D eigenvalue weighted by Gasteiger charge is 2.35. The van der Waals surface area contributed by atoms with Gasteiger partial charge in [-0.05, 0) is 42.5 Å². The summed E-state index contributed by atoms with van der Waals surface area (Å²) in [5.41, 5.74) is -1.61. The summed E-state index contributed by atoms with van der Waals surface area (Å²) in [6, 6.07) is 13.1. The number of nitrogens with zero attached hydrogens (tertiary/aromatic N) is 2. The molecule has 0 aliphatic carbocycles. The number of pyridine rings is 1. The van der Waals surface area contributed by atoms with Gasteiger partial charge in [0.25, 0.3) is 0 Å². The summed E-state index contributed by atoms with van der Waals surface area (Å²) >= 11 is 0. The molecule has 0 unspecified atom stereocenters. The molecule has 1 aromatic heterocycles. The number of likely N-dealkylation sites (tertiary alicyclic amines) is 1. The third kappa shape index (κ3) is 5.42. The normalized spacial score (nSPS) is 14.4. The number of fused-ring (bicyclic) bond motifs is 1. The predicted molar refractivity (Wildman–Crippen MR) is 135 cm³/mol. The lowest BCUT2D eigenvalue weighted by atomic mass is 9.91. The van der Waals surface area contributed by atoms with Crippen LogP contribution in [0, 0.1) is 11.7 Å². The van der Waals surface area contributed by atoms with Crippen molar-refractivity contribution in [2.45, 2.75) is 6.18 Å². The first-order valence-corrected chi connectivity index (χ1v) is 12.2. The van der Waals surface area contributed by atoms with E-state index in [2.05, 4.69) is 9.88 Å². The molecule has 1 aliphatic heterocycles. The van der Waals surface area contributed by atoms with Crippen molar-refractivity contribution in [2.75, 3.05) is 32.9 Å². The second-order valence-corrected chi connectivity index (χ2v) is 9.40. The van der Waals surface area contributed by atoms with Crippen molar-refractivity contribution < 1.29 is 36.6 Å². The first-order valence-electron chi connectivity index (χ1n) is 12.2. The van der Waals surface area contributed by atoms with Crippen molar-refractivity contribution in [3.8, 4) is 22.6 Å². The number of carbonyl (C=O) groups excluding carboxylic acids is 1. The van der Waals surface area contributed by atoms with Crippen LogP contribution in [-0.4, -0.2) is 53.7 Å². The zero-order chi connectivity index (χ0) is 27.7. The number of hydrogen-bond acceptors (Lipinski definition) is 5. The van der Waals surface area contributed by atoms with Crippen molar-refractivity contribution >= 4 is 16.7 Å². The number of ether oxygens (including phenoxy) is 1. The quantitative estimate of drug-likeness (QED) is 0.210. The molecule has 5 rings (SSSR count). The number of alkyl halides is 4. The Labute approximate surface area is 220 Å². The van der Waals surface area contributed by atoms with Crippen LogP contribution in [0.5, 0.6) is 11.5 Å². The van der Waals surface area contributed by atoms with Crippen LogP contribution in [0.3, 0.4) is 0 Å². The van der Waals surface area contributed by atoms with Crippen molar-refractivity contribution in [3.05, 3.63) is 89.4 Å². The minimum atomic E-state index is -4.93. The number of hydrogen-bond donors (Lipinski definition) is 1. The number of carbonyl (C=O) groups is 1. The second-order valence-electron chi connectivity index (χ2n) is 9.40. The molecular weight excluding hydrogens is 519 g/mol. The summed E-state index contributed by atoms with van der Waals surface area (Å²) in [6.45, 7) is 2.07. The predicted octanol–water partition coefficient (Wildman–Crippen LogP) is 6.28. The van der Waals surface area contributed by atoms with Crippen LogP contribution in [0.25, 0.3) is 22.0 Å². The number of phenols is 1. The van der Waals surface area contributed by atoms with Crippen LogP contribution in [0.4, 0.5) is 22.0 Å². The summed E-state index contributed by atoms with van der Waals surface area (Å²) in [5, 5.41) is 10.1. The highest BCUT2D eigenvalue weighted by molar-refractivity contribution is 6.19. The van der Waals surface area contributed by atoms with Crippen LogP contribution >= 0.6 is 0 Å². The van der Waals surface area contributed by atoms with Gasteiger partial charge in [-0.15, -0.1) is 0 Å². The second kappa shape index (κ2) is 10.6. The van der Waals surface area contributed by atoms with Gasteiger partial charge in [-0.3, -0.25) is 19.1 Å². The van der Waals surface area contributed by atoms with Crippen molar-refractivity contribution in [1.82, 2.24) is 9.88 Å². The minimum absolute atomic E-state index is 0.0490. The third-order valence-electron chi connectivity index (χ3n) is 6.72. The third-order valence-corrected chi connectivity index (χ3v) is 6.72. The lowest BCUT2D eigenvalue weighted by Crippen LogP contribution is -2.49. The van der Waals surface area contributed by atoms with E-state index in [0.29, 0.717) is 38.1 Å². The Morgan fingerprint density at radius 3 is 2.49 bits per heavy atom. The van der Waals surface area contributed by atoms with Crippen LogP contribution in [0.2, 0.25) is 0 Å². The van der Waals surface area contributed by atoms with Gasteiger partial charge in [-0.25, -0.2) is 4.39 Å². The maximum atomic E-state index is 15.1. The maximum Gasteiger partial charge on any atom is 0.419 e. The zero-order valence-corrected chi connectivity index (χ0v) is 20.5. The Morgan fingerprint density at radius 2 is 1.79 bits per heavy atom. The first-order chi connectivity index (χ1) is 18.7. The number of halogens is 5. The number of aromatic nitrogens is 1.